The minimum Gasteiger partial charge on any atom is -0.493 e. The molecule has 0 atom stereocenters. The first-order chi connectivity index (χ1) is 18.4. The maximum atomic E-state index is 5.89. The van der Waals surface area contributed by atoms with E-state index in [1.807, 2.05) is 36.4 Å². The summed E-state index contributed by atoms with van der Waals surface area (Å²) in [5, 5.41) is 0. The molecule has 0 aliphatic heterocycles. The van der Waals surface area contributed by atoms with Crippen molar-refractivity contribution in [2.75, 3.05) is 54.5 Å². The Hall–Kier alpha value is -4.02. The fourth-order valence-electron chi connectivity index (χ4n) is 4.11. The number of H-pyrrole nitrogens is 2. The van der Waals surface area contributed by atoms with Gasteiger partial charge in [-0.05, 0) is 65.3 Å². The van der Waals surface area contributed by atoms with Crippen LogP contribution >= 0.6 is 0 Å². The number of hydrogen-bond donors (Lipinski definition) is 2. The Balaban J connectivity index is 1.26. The average molecular weight is 515 g/mol. The summed E-state index contributed by atoms with van der Waals surface area (Å²) in [6.07, 6.45) is 5.35. The van der Waals surface area contributed by atoms with Gasteiger partial charge in [-0.15, -0.1) is 0 Å². The van der Waals surface area contributed by atoms with E-state index in [0.29, 0.717) is 36.3 Å². The van der Waals surface area contributed by atoms with Crippen molar-refractivity contribution in [1.82, 2.24) is 39.7 Å². The highest BCUT2D eigenvalue weighted by molar-refractivity contribution is 5.81. The van der Waals surface area contributed by atoms with Crippen molar-refractivity contribution in [3.63, 3.8) is 0 Å². The smallest absolute Gasteiger partial charge is 0.158 e. The average Bonchev–Trinajstić information content (AvgIpc) is 3.53. The zero-order valence-corrected chi connectivity index (χ0v) is 22.4. The number of nitrogens with one attached hydrogen (secondary N) is 2. The van der Waals surface area contributed by atoms with E-state index in [2.05, 4.69) is 67.9 Å². The first-order valence-electron chi connectivity index (χ1n) is 12.8. The third-order valence-electron chi connectivity index (χ3n) is 6.08. The molecule has 0 saturated carbocycles. The number of nitrogens with zero attached hydrogens (tertiary/aromatic N) is 6. The Morgan fingerprint density at radius 2 is 1.11 bits per heavy atom. The van der Waals surface area contributed by atoms with Gasteiger partial charge in [0.25, 0.3) is 0 Å². The first-order valence-corrected chi connectivity index (χ1v) is 12.8. The van der Waals surface area contributed by atoms with Crippen LogP contribution in [0.1, 0.15) is 12.8 Å². The molecule has 2 aromatic carbocycles. The summed E-state index contributed by atoms with van der Waals surface area (Å²) in [7, 11) is 8.24. The molecule has 0 radical (unpaired) electrons. The van der Waals surface area contributed by atoms with Crippen molar-refractivity contribution < 1.29 is 9.47 Å². The number of ether oxygens (including phenoxy) is 2. The monoisotopic (exact) mass is 514 g/mol. The molecule has 0 bridgehead atoms. The molecule has 0 amide bonds. The first kappa shape index (κ1) is 25.6. The van der Waals surface area contributed by atoms with Gasteiger partial charge in [0.05, 0.1) is 47.7 Å². The predicted octanol–water partition coefficient (Wildman–Crippen LogP) is 4.22. The third kappa shape index (κ3) is 6.27. The molecule has 0 fully saturated rings. The lowest BCUT2D eigenvalue weighted by Gasteiger charge is -2.10. The van der Waals surface area contributed by atoms with Crippen LogP contribution in [0, 0.1) is 0 Å². The van der Waals surface area contributed by atoms with E-state index < -0.39 is 0 Å². The molecule has 0 saturated heterocycles. The van der Waals surface area contributed by atoms with Gasteiger partial charge in [0.1, 0.15) is 22.9 Å². The fraction of sp³-hybridized carbons (Fsp3) is 0.357. The minimum atomic E-state index is 0.655. The van der Waals surface area contributed by atoms with Crippen molar-refractivity contribution >= 4 is 22.1 Å². The van der Waals surface area contributed by atoms with Gasteiger partial charge < -0.3 is 29.2 Å². The van der Waals surface area contributed by atoms with Crippen molar-refractivity contribution in [2.45, 2.75) is 12.8 Å². The minimum absolute atomic E-state index is 0.655. The van der Waals surface area contributed by atoms with Gasteiger partial charge in [-0.1, -0.05) is 0 Å². The Labute approximate surface area is 222 Å². The molecule has 198 valence electrons. The molecule has 0 aliphatic carbocycles. The maximum absolute atomic E-state index is 5.89. The molecular weight excluding hydrogens is 480 g/mol. The van der Waals surface area contributed by atoms with E-state index in [9.17, 15) is 0 Å². The second-order valence-electron chi connectivity index (χ2n) is 9.83. The van der Waals surface area contributed by atoms with E-state index in [0.717, 1.165) is 59.5 Å². The largest absolute Gasteiger partial charge is 0.493 e. The fourth-order valence-corrected chi connectivity index (χ4v) is 4.11. The van der Waals surface area contributed by atoms with Crippen LogP contribution in [0.25, 0.3) is 45.1 Å². The maximum Gasteiger partial charge on any atom is 0.158 e. The highest BCUT2D eigenvalue weighted by atomic mass is 16.5. The Kier molecular flexibility index (Phi) is 7.81. The molecule has 5 rings (SSSR count). The zero-order valence-electron chi connectivity index (χ0n) is 22.4. The molecule has 3 aromatic heterocycles. The van der Waals surface area contributed by atoms with E-state index in [1.165, 1.54) is 0 Å². The van der Waals surface area contributed by atoms with E-state index in [-0.39, 0.29) is 0 Å². The van der Waals surface area contributed by atoms with Crippen LogP contribution < -0.4 is 9.47 Å². The standard InChI is InChI=1S/C28H34N8O2/c1-35(2)11-5-13-37-19-7-9-21-23(15-19)33-27(31-21)25-17-30-26(18-29-25)28-32-22-10-8-20(16-24(22)34-28)38-14-6-12-36(3)4/h7-10,15-18H,5-6,11-14H2,1-4H3,(H,31,33)(H,32,34). The van der Waals surface area contributed by atoms with Gasteiger partial charge in [-0.25, -0.2) is 19.9 Å². The van der Waals surface area contributed by atoms with E-state index in [4.69, 9.17) is 9.47 Å². The van der Waals surface area contributed by atoms with Crippen LogP contribution in [0.3, 0.4) is 0 Å². The number of hydrogen-bond acceptors (Lipinski definition) is 8. The quantitative estimate of drug-likeness (QED) is 0.238. The van der Waals surface area contributed by atoms with Crippen molar-refractivity contribution in [3.05, 3.63) is 48.8 Å². The number of benzene rings is 2. The molecule has 5 aromatic rings. The normalized spacial score (nSPS) is 11.7. The van der Waals surface area contributed by atoms with Crippen molar-refractivity contribution in [2.24, 2.45) is 0 Å². The van der Waals surface area contributed by atoms with Crippen LogP contribution in [-0.2, 0) is 0 Å². The van der Waals surface area contributed by atoms with Gasteiger partial charge in [-0.3, -0.25) is 0 Å². The van der Waals surface area contributed by atoms with Gasteiger partial charge in [0, 0.05) is 25.2 Å². The van der Waals surface area contributed by atoms with Gasteiger partial charge >= 0.3 is 0 Å². The SMILES string of the molecule is CN(C)CCCOc1ccc2nc(-c3cnc(-c4nc5ccc(OCCCN(C)C)cc5[nH]4)cn3)[nH]c2c1. The van der Waals surface area contributed by atoms with E-state index in [1.54, 1.807) is 12.4 Å². The number of imidazole rings is 2. The third-order valence-corrected chi connectivity index (χ3v) is 6.08. The van der Waals surface area contributed by atoms with Crippen LogP contribution in [0.5, 0.6) is 11.5 Å². The Morgan fingerprint density at radius 3 is 1.50 bits per heavy atom. The number of fused-ring (bicyclic) bond motifs is 2. The summed E-state index contributed by atoms with van der Waals surface area (Å²) in [4.78, 5) is 29.5. The molecule has 10 heteroatoms. The zero-order chi connectivity index (χ0) is 26.5. The van der Waals surface area contributed by atoms with Crippen molar-refractivity contribution in [1.29, 1.82) is 0 Å². The number of rotatable bonds is 12. The van der Waals surface area contributed by atoms with Gasteiger partial charge in [-0.2, -0.15) is 0 Å². The summed E-state index contributed by atoms with van der Waals surface area (Å²) in [6.45, 7) is 3.33. The molecule has 0 spiro atoms. The predicted molar refractivity (Wildman–Crippen MR) is 150 cm³/mol. The van der Waals surface area contributed by atoms with Crippen LogP contribution in [0.4, 0.5) is 0 Å². The Morgan fingerprint density at radius 1 is 0.658 bits per heavy atom. The molecular formula is C28H34N8O2. The molecule has 10 nitrogen and oxygen atoms in total. The molecule has 3 heterocycles. The number of aromatic amines is 2. The van der Waals surface area contributed by atoms with Gasteiger partial charge in [0.2, 0.25) is 0 Å². The summed E-state index contributed by atoms with van der Waals surface area (Å²) >= 11 is 0. The topological polar surface area (TPSA) is 108 Å². The van der Waals surface area contributed by atoms with E-state index >= 15 is 0 Å². The van der Waals surface area contributed by atoms with Crippen molar-refractivity contribution in [3.8, 4) is 34.5 Å². The highest BCUT2D eigenvalue weighted by Crippen LogP contribution is 2.25. The van der Waals surface area contributed by atoms with Gasteiger partial charge in [0.15, 0.2) is 11.6 Å². The molecule has 0 aliphatic rings. The second kappa shape index (κ2) is 11.6. The summed E-state index contributed by atoms with van der Waals surface area (Å²) < 4.78 is 11.8. The summed E-state index contributed by atoms with van der Waals surface area (Å²) in [5.41, 5.74) is 4.80. The second-order valence-corrected chi connectivity index (χ2v) is 9.83. The lowest BCUT2D eigenvalue weighted by atomic mass is 10.3. The molecule has 0 unspecified atom stereocenters. The number of aromatic nitrogens is 6. The lowest BCUT2D eigenvalue weighted by Crippen LogP contribution is -2.15. The van der Waals surface area contributed by atoms with Crippen LogP contribution in [0.2, 0.25) is 0 Å². The highest BCUT2D eigenvalue weighted by Gasteiger charge is 2.12. The lowest BCUT2D eigenvalue weighted by molar-refractivity contribution is 0.282. The molecule has 38 heavy (non-hydrogen) atoms. The molecule has 2 N–H and O–H groups in total. The summed E-state index contributed by atoms with van der Waals surface area (Å²) in [6, 6.07) is 11.7. The van der Waals surface area contributed by atoms with Crippen LogP contribution in [-0.4, -0.2) is 94.2 Å². The Bertz CT molecular complexity index is 1380. The van der Waals surface area contributed by atoms with Crippen LogP contribution in [0.15, 0.2) is 48.8 Å². The summed E-state index contributed by atoms with van der Waals surface area (Å²) in [5.74, 6) is 2.95.